The maximum absolute atomic E-state index is 14.2. The Morgan fingerprint density at radius 1 is 1.07 bits per heavy atom. The summed E-state index contributed by atoms with van der Waals surface area (Å²) >= 11 is 0. The average Bonchev–Trinajstić information content (AvgIpc) is 3.03. The molecule has 1 aromatic heterocycles. The van der Waals surface area contributed by atoms with Crippen LogP contribution in [0.25, 0.3) is 11.3 Å². The van der Waals surface area contributed by atoms with E-state index in [9.17, 15) is 13.6 Å². The van der Waals surface area contributed by atoms with Crippen molar-refractivity contribution in [2.24, 2.45) is 0 Å². The zero-order valence-electron chi connectivity index (χ0n) is 14.6. The number of carbonyl (C=O) groups excluding carboxylic acids is 1. The van der Waals surface area contributed by atoms with E-state index in [0.717, 1.165) is 11.3 Å². The molecule has 136 valence electrons. The van der Waals surface area contributed by atoms with E-state index < -0.39 is 11.6 Å². The Hall–Kier alpha value is -3.28. The maximum Gasteiger partial charge on any atom is 0.253 e. The third kappa shape index (κ3) is 3.14. The highest BCUT2D eigenvalue weighted by molar-refractivity contribution is 5.99. The number of fused-ring (bicyclic) bond motifs is 1. The molecule has 1 amide bonds. The summed E-state index contributed by atoms with van der Waals surface area (Å²) in [5, 5.41) is 2.73. The normalized spacial score (nSPS) is 12.6. The van der Waals surface area contributed by atoms with Gasteiger partial charge in [-0.1, -0.05) is 18.2 Å². The molecule has 0 bridgehead atoms. The van der Waals surface area contributed by atoms with Crippen LogP contribution in [0, 0.1) is 11.6 Å². The minimum atomic E-state index is -0.685. The Labute approximate surface area is 154 Å². The first-order valence-corrected chi connectivity index (χ1v) is 8.45. The van der Waals surface area contributed by atoms with Crippen LogP contribution in [0.4, 0.5) is 8.78 Å². The molecule has 1 aliphatic rings. The number of amides is 1. The number of hydrogen-bond donors (Lipinski definition) is 1. The number of halogens is 2. The number of nitrogens with zero attached hydrogens (tertiary/aromatic N) is 1. The first kappa shape index (κ1) is 17.1. The maximum atomic E-state index is 14.2. The SMILES string of the molecule is COc1ccc(Cc2cc(-c3c(F)cccc3F)nc3c2C(=O)NC3)cc1. The zero-order valence-corrected chi connectivity index (χ0v) is 14.6. The summed E-state index contributed by atoms with van der Waals surface area (Å²) < 4.78 is 33.6. The van der Waals surface area contributed by atoms with Crippen LogP contribution in [0.3, 0.4) is 0 Å². The number of methoxy groups -OCH3 is 1. The summed E-state index contributed by atoms with van der Waals surface area (Å²) in [4.78, 5) is 16.6. The number of aromatic nitrogens is 1. The van der Waals surface area contributed by atoms with Crippen molar-refractivity contribution in [1.29, 1.82) is 0 Å². The second-order valence-electron chi connectivity index (χ2n) is 6.29. The van der Waals surface area contributed by atoms with Crippen molar-refractivity contribution in [3.63, 3.8) is 0 Å². The summed E-state index contributed by atoms with van der Waals surface area (Å²) in [5.41, 5.74) is 2.61. The van der Waals surface area contributed by atoms with Gasteiger partial charge in [-0.15, -0.1) is 0 Å². The van der Waals surface area contributed by atoms with E-state index in [-0.39, 0.29) is 23.7 Å². The fourth-order valence-corrected chi connectivity index (χ4v) is 3.29. The second-order valence-corrected chi connectivity index (χ2v) is 6.29. The van der Waals surface area contributed by atoms with Crippen LogP contribution in [0.1, 0.15) is 27.2 Å². The number of hydrogen-bond acceptors (Lipinski definition) is 3. The summed E-state index contributed by atoms with van der Waals surface area (Å²) in [6.45, 7) is 0.244. The fourth-order valence-electron chi connectivity index (χ4n) is 3.29. The van der Waals surface area contributed by atoms with Crippen LogP contribution in [0.5, 0.6) is 5.75 Å². The van der Waals surface area contributed by atoms with Gasteiger partial charge in [0.1, 0.15) is 17.4 Å². The van der Waals surface area contributed by atoms with Crippen molar-refractivity contribution < 1.29 is 18.3 Å². The molecule has 2 heterocycles. The molecular formula is C21H16F2N2O2. The molecule has 4 rings (SSSR count). The molecule has 1 aliphatic heterocycles. The Morgan fingerprint density at radius 3 is 2.44 bits per heavy atom. The number of benzene rings is 2. The van der Waals surface area contributed by atoms with Crippen LogP contribution in [0.2, 0.25) is 0 Å². The molecule has 27 heavy (non-hydrogen) atoms. The second kappa shape index (κ2) is 6.79. The summed E-state index contributed by atoms with van der Waals surface area (Å²) in [7, 11) is 1.59. The van der Waals surface area contributed by atoms with E-state index in [2.05, 4.69) is 10.3 Å². The average molecular weight is 366 g/mol. The zero-order chi connectivity index (χ0) is 19.0. The van der Waals surface area contributed by atoms with Crippen LogP contribution in [0.15, 0.2) is 48.5 Å². The van der Waals surface area contributed by atoms with Crippen LogP contribution in [-0.2, 0) is 13.0 Å². The van der Waals surface area contributed by atoms with E-state index in [4.69, 9.17) is 4.74 Å². The topological polar surface area (TPSA) is 51.2 Å². The first-order chi connectivity index (χ1) is 13.1. The quantitative estimate of drug-likeness (QED) is 0.763. The van der Waals surface area contributed by atoms with E-state index in [1.54, 1.807) is 13.2 Å². The minimum absolute atomic E-state index is 0.185. The van der Waals surface area contributed by atoms with Gasteiger partial charge in [0.2, 0.25) is 0 Å². The molecule has 0 aliphatic carbocycles. The summed E-state index contributed by atoms with van der Waals surface area (Å²) in [5.74, 6) is -0.864. The summed E-state index contributed by atoms with van der Waals surface area (Å²) in [6.07, 6.45) is 0.436. The molecule has 0 saturated heterocycles. The van der Waals surface area contributed by atoms with Crippen molar-refractivity contribution in [1.82, 2.24) is 10.3 Å². The Morgan fingerprint density at radius 2 is 1.78 bits per heavy atom. The van der Waals surface area contributed by atoms with Crippen molar-refractivity contribution in [3.05, 3.63) is 82.5 Å². The lowest BCUT2D eigenvalue weighted by Crippen LogP contribution is -2.14. The number of rotatable bonds is 4. The largest absolute Gasteiger partial charge is 0.497 e. The molecule has 2 aromatic carbocycles. The van der Waals surface area contributed by atoms with E-state index >= 15 is 0 Å². The molecule has 1 N–H and O–H groups in total. The monoisotopic (exact) mass is 366 g/mol. The van der Waals surface area contributed by atoms with Crippen LogP contribution >= 0.6 is 0 Å². The van der Waals surface area contributed by atoms with E-state index in [1.165, 1.54) is 18.2 Å². The lowest BCUT2D eigenvalue weighted by Gasteiger charge is -2.11. The fraction of sp³-hybridized carbons (Fsp3) is 0.143. The third-order valence-electron chi connectivity index (χ3n) is 4.59. The van der Waals surface area contributed by atoms with Crippen molar-refractivity contribution >= 4 is 5.91 Å². The van der Waals surface area contributed by atoms with Crippen molar-refractivity contribution in [2.45, 2.75) is 13.0 Å². The van der Waals surface area contributed by atoms with E-state index in [1.807, 2.05) is 24.3 Å². The Kier molecular flexibility index (Phi) is 4.32. The molecular weight excluding hydrogens is 350 g/mol. The summed E-state index contributed by atoms with van der Waals surface area (Å²) in [6, 6.07) is 12.7. The minimum Gasteiger partial charge on any atom is -0.497 e. The molecule has 0 spiro atoms. The van der Waals surface area contributed by atoms with Crippen LogP contribution < -0.4 is 10.1 Å². The van der Waals surface area contributed by atoms with Crippen LogP contribution in [-0.4, -0.2) is 18.0 Å². The highest BCUT2D eigenvalue weighted by Crippen LogP contribution is 2.30. The predicted molar refractivity (Wildman–Crippen MR) is 96.6 cm³/mol. The van der Waals surface area contributed by atoms with Gasteiger partial charge in [-0.05, 0) is 47.9 Å². The van der Waals surface area contributed by atoms with Gasteiger partial charge in [0.15, 0.2) is 0 Å². The lowest BCUT2D eigenvalue weighted by atomic mass is 9.97. The van der Waals surface area contributed by atoms with E-state index in [0.29, 0.717) is 23.2 Å². The molecule has 6 heteroatoms. The van der Waals surface area contributed by atoms with Gasteiger partial charge in [0.05, 0.1) is 36.2 Å². The molecule has 0 saturated carbocycles. The lowest BCUT2D eigenvalue weighted by molar-refractivity contribution is 0.0965. The van der Waals surface area contributed by atoms with Crippen molar-refractivity contribution in [3.8, 4) is 17.0 Å². The van der Waals surface area contributed by atoms with Gasteiger partial charge in [-0.2, -0.15) is 0 Å². The van der Waals surface area contributed by atoms with Gasteiger partial charge < -0.3 is 10.1 Å². The smallest absolute Gasteiger partial charge is 0.253 e. The van der Waals surface area contributed by atoms with Gasteiger partial charge >= 0.3 is 0 Å². The van der Waals surface area contributed by atoms with Gasteiger partial charge in [0.25, 0.3) is 5.91 Å². The van der Waals surface area contributed by atoms with Gasteiger partial charge in [-0.25, -0.2) is 13.8 Å². The highest BCUT2D eigenvalue weighted by atomic mass is 19.1. The number of nitrogens with one attached hydrogen (secondary N) is 1. The highest BCUT2D eigenvalue weighted by Gasteiger charge is 2.26. The number of carbonyl (C=O) groups is 1. The van der Waals surface area contributed by atoms with Crippen molar-refractivity contribution in [2.75, 3.05) is 7.11 Å². The Bertz CT molecular complexity index is 1010. The number of ether oxygens (including phenoxy) is 1. The molecule has 0 atom stereocenters. The molecule has 0 unspecified atom stereocenters. The standard InChI is InChI=1S/C21H16F2N2O2/c1-27-14-7-5-12(6-8-14)9-13-10-17(20-15(22)3-2-4-16(20)23)25-18-11-24-21(26)19(13)18/h2-8,10H,9,11H2,1H3,(H,24,26). The number of pyridine rings is 1. The first-order valence-electron chi connectivity index (χ1n) is 8.45. The Balaban J connectivity index is 1.82. The van der Waals surface area contributed by atoms with Gasteiger partial charge in [0, 0.05) is 0 Å². The molecule has 0 radical (unpaired) electrons. The molecule has 0 fully saturated rings. The molecule has 3 aromatic rings. The molecule has 4 nitrogen and oxygen atoms in total. The predicted octanol–water partition coefficient (Wildman–Crippen LogP) is 3.87. The third-order valence-corrected chi connectivity index (χ3v) is 4.59. The van der Waals surface area contributed by atoms with Gasteiger partial charge in [-0.3, -0.25) is 4.79 Å².